The molecule has 0 aliphatic rings. The molecule has 1 unspecified atom stereocenters. The number of aromatic nitrogens is 2. The lowest BCUT2D eigenvalue weighted by molar-refractivity contribution is 0.394. The predicted molar refractivity (Wildman–Crippen MR) is 67.7 cm³/mol. The van der Waals surface area contributed by atoms with E-state index in [1.165, 1.54) is 0 Å². The molecule has 0 aliphatic carbocycles. The third-order valence-corrected chi connectivity index (χ3v) is 2.63. The largest absolute Gasteiger partial charge is 0.480 e. The zero-order valence-corrected chi connectivity index (χ0v) is 11.1. The van der Waals surface area contributed by atoms with Crippen LogP contribution in [0, 0.1) is 0 Å². The minimum atomic E-state index is 0.128. The van der Waals surface area contributed by atoms with Crippen molar-refractivity contribution in [1.82, 2.24) is 9.97 Å². The second-order valence-electron chi connectivity index (χ2n) is 3.48. The molecular weight excluding hydrogens is 272 g/mol. The Labute approximate surface area is 104 Å². The van der Waals surface area contributed by atoms with Gasteiger partial charge in [-0.2, -0.15) is 4.98 Å². The molecule has 1 heterocycles. The van der Waals surface area contributed by atoms with Crippen molar-refractivity contribution < 1.29 is 4.74 Å². The zero-order valence-electron chi connectivity index (χ0n) is 9.53. The second-order valence-corrected chi connectivity index (χ2v) is 4.33. The maximum Gasteiger partial charge on any atom is 0.232 e. The minimum absolute atomic E-state index is 0.128. The summed E-state index contributed by atoms with van der Waals surface area (Å²) in [6.07, 6.45) is 3.72. The molecule has 0 bridgehead atoms. The first-order chi connectivity index (χ1) is 7.67. The van der Waals surface area contributed by atoms with E-state index in [0.717, 1.165) is 17.3 Å². The number of nitrogens with one attached hydrogen (secondary N) is 1. The molecule has 6 heteroatoms. The van der Waals surface area contributed by atoms with Crippen molar-refractivity contribution >= 4 is 21.9 Å². The van der Waals surface area contributed by atoms with E-state index in [1.807, 2.05) is 0 Å². The van der Waals surface area contributed by atoms with Gasteiger partial charge in [-0.25, -0.2) is 4.98 Å². The highest BCUT2D eigenvalue weighted by Gasteiger charge is 2.06. The number of nitrogens with zero attached hydrogens (tertiary/aromatic N) is 2. The van der Waals surface area contributed by atoms with Crippen LogP contribution in [0.15, 0.2) is 10.7 Å². The van der Waals surface area contributed by atoms with E-state index in [4.69, 9.17) is 10.5 Å². The molecule has 0 amide bonds. The van der Waals surface area contributed by atoms with Gasteiger partial charge < -0.3 is 15.8 Å². The summed E-state index contributed by atoms with van der Waals surface area (Å²) < 4.78 is 5.81. The van der Waals surface area contributed by atoms with Crippen LogP contribution in [0.5, 0.6) is 5.88 Å². The van der Waals surface area contributed by atoms with Gasteiger partial charge in [0.1, 0.15) is 0 Å². The Morgan fingerprint density at radius 3 is 3.00 bits per heavy atom. The Bertz CT molecular complexity index is 335. The Morgan fingerprint density at radius 1 is 1.62 bits per heavy atom. The van der Waals surface area contributed by atoms with E-state index < -0.39 is 0 Å². The molecular formula is C10H17BrN4O. The van der Waals surface area contributed by atoms with E-state index >= 15 is 0 Å². The number of rotatable bonds is 6. The average molecular weight is 289 g/mol. The Kier molecular flexibility index (Phi) is 5.48. The van der Waals surface area contributed by atoms with Crippen LogP contribution < -0.4 is 15.8 Å². The van der Waals surface area contributed by atoms with Gasteiger partial charge >= 0.3 is 0 Å². The van der Waals surface area contributed by atoms with E-state index in [9.17, 15) is 0 Å². The van der Waals surface area contributed by atoms with Crippen LogP contribution in [-0.2, 0) is 0 Å². The summed E-state index contributed by atoms with van der Waals surface area (Å²) in [4.78, 5) is 8.29. The van der Waals surface area contributed by atoms with Gasteiger partial charge in [-0.15, -0.1) is 0 Å². The van der Waals surface area contributed by atoms with E-state index in [2.05, 4.69) is 38.1 Å². The van der Waals surface area contributed by atoms with Crippen LogP contribution in [0.2, 0.25) is 0 Å². The van der Waals surface area contributed by atoms with Crippen LogP contribution in [0.4, 0.5) is 5.95 Å². The standard InChI is InChI=1S/C10H17BrN4O/c1-3-4-7(12)5-13-10-14-6-8(11)9(15-10)16-2/h6-7H,3-5,12H2,1-2H3,(H,13,14,15). The second kappa shape index (κ2) is 6.65. The predicted octanol–water partition coefficient (Wildman–Crippen LogP) is 1.79. The molecule has 0 aliphatic heterocycles. The van der Waals surface area contributed by atoms with Crippen LogP contribution in [-0.4, -0.2) is 29.7 Å². The maximum absolute atomic E-state index is 5.87. The zero-order chi connectivity index (χ0) is 12.0. The third kappa shape index (κ3) is 3.94. The first-order valence-electron chi connectivity index (χ1n) is 5.23. The van der Waals surface area contributed by atoms with Gasteiger partial charge in [0.2, 0.25) is 11.8 Å². The Morgan fingerprint density at radius 2 is 2.38 bits per heavy atom. The molecule has 0 aromatic carbocycles. The van der Waals surface area contributed by atoms with Gasteiger partial charge in [0, 0.05) is 12.6 Å². The number of anilines is 1. The van der Waals surface area contributed by atoms with Gasteiger partial charge in [-0.1, -0.05) is 13.3 Å². The number of nitrogens with two attached hydrogens (primary N) is 1. The number of methoxy groups -OCH3 is 1. The SMILES string of the molecule is CCCC(N)CNc1ncc(Br)c(OC)n1. The monoisotopic (exact) mass is 288 g/mol. The fraction of sp³-hybridized carbons (Fsp3) is 0.600. The molecule has 0 radical (unpaired) electrons. The molecule has 1 aromatic rings. The summed E-state index contributed by atoms with van der Waals surface area (Å²) in [5.41, 5.74) is 5.87. The van der Waals surface area contributed by atoms with Crippen molar-refractivity contribution in [2.24, 2.45) is 5.73 Å². The number of hydrogen-bond acceptors (Lipinski definition) is 5. The molecule has 0 saturated heterocycles. The lowest BCUT2D eigenvalue weighted by atomic mass is 10.2. The first-order valence-corrected chi connectivity index (χ1v) is 6.02. The number of hydrogen-bond donors (Lipinski definition) is 2. The molecule has 0 spiro atoms. The minimum Gasteiger partial charge on any atom is -0.480 e. The van der Waals surface area contributed by atoms with Crippen molar-refractivity contribution in [1.29, 1.82) is 0 Å². The van der Waals surface area contributed by atoms with Crippen molar-refractivity contribution in [3.63, 3.8) is 0 Å². The fourth-order valence-electron chi connectivity index (χ4n) is 1.28. The summed E-state index contributed by atoms with van der Waals surface area (Å²) >= 11 is 3.29. The first kappa shape index (κ1) is 13.2. The average Bonchev–Trinajstić information content (AvgIpc) is 2.28. The van der Waals surface area contributed by atoms with Gasteiger partial charge in [0.05, 0.1) is 17.8 Å². The number of halogens is 1. The molecule has 5 nitrogen and oxygen atoms in total. The molecule has 1 rings (SSSR count). The highest BCUT2D eigenvalue weighted by atomic mass is 79.9. The van der Waals surface area contributed by atoms with Crippen LogP contribution in [0.1, 0.15) is 19.8 Å². The summed E-state index contributed by atoms with van der Waals surface area (Å²) in [5.74, 6) is 1.05. The lowest BCUT2D eigenvalue weighted by Crippen LogP contribution is -2.29. The van der Waals surface area contributed by atoms with Crippen molar-refractivity contribution in [2.75, 3.05) is 19.0 Å². The van der Waals surface area contributed by atoms with Crippen LogP contribution in [0.3, 0.4) is 0 Å². The highest BCUT2D eigenvalue weighted by Crippen LogP contribution is 2.21. The van der Waals surface area contributed by atoms with Crippen molar-refractivity contribution in [3.8, 4) is 5.88 Å². The summed E-state index contributed by atoms with van der Waals surface area (Å²) in [7, 11) is 1.57. The Hall–Kier alpha value is -0.880. The van der Waals surface area contributed by atoms with Crippen molar-refractivity contribution in [2.45, 2.75) is 25.8 Å². The summed E-state index contributed by atoms with van der Waals surface area (Å²) in [6.45, 7) is 2.78. The molecule has 16 heavy (non-hydrogen) atoms. The normalized spacial score (nSPS) is 12.2. The third-order valence-electron chi connectivity index (χ3n) is 2.09. The van der Waals surface area contributed by atoms with Gasteiger partial charge in [0.25, 0.3) is 0 Å². The highest BCUT2D eigenvalue weighted by molar-refractivity contribution is 9.10. The van der Waals surface area contributed by atoms with Gasteiger partial charge in [-0.05, 0) is 22.4 Å². The molecule has 1 atom stereocenters. The maximum atomic E-state index is 5.87. The van der Waals surface area contributed by atoms with Crippen LogP contribution in [0.25, 0.3) is 0 Å². The number of ether oxygens (including phenoxy) is 1. The topological polar surface area (TPSA) is 73.1 Å². The van der Waals surface area contributed by atoms with E-state index in [1.54, 1.807) is 13.3 Å². The molecule has 0 fully saturated rings. The van der Waals surface area contributed by atoms with Crippen LogP contribution >= 0.6 is 15.9 Å². The quantitative estimate of drug-likeness (QED) is 0.835. The smallest absolute Gasteiger partial charge is 0.232 e. The van der Waals surface area contributed by atoms with Crippen molar-refractivity contribution in [3.05, 3.63) is 10.7 Å². The van der Waals surface area contributed by atoms with Gasteiger partial charge in [-0.3, -0.25) is 0 Å². The van der Waals surface area contributed by atoms with E-state index in [0.29, 0.717) is 18.4 Å². The Balaban J connectivity index is 2.54. The van der Waals surface area contributed by atoms with Gasteiger partial charge in [0.15, 0.2) is 0 Å². The molecule has 1 aromatic heterocycles. The summed E-state index contributed by atoms with van der Waals surface area (Å²) in [6, 6.07) is 0.128. The molecule has 0 saturated carbocycles. The lowest BCUT2D eigenvalue weighted by Gasteiger charge is -2.12. The summed E-state index contributed by atoms with van der Waals surface area (Å²) in [5, 5.41) is 3.08. The molecule has 90 valence electrons. The van der Waals surface area contributed by atoms with E-state index in [-0.39, 0.29) is 6.04 Å². The fourth-order valence-corrected chi connectivity index (χ4v) is 1.63. The molecule has 3 N–H and O–H groups in total.